The zero-order valence-corrected chi connectivity index (χ0v) is 13.9. The van der Waals surface area contributed by atoms with Gasteiger partial charge in [-0.25, -0.2) is 0 Å². The number of aliphatic hydroxyl groups is 5. The molecule has 0 heterocycles. The molecule has 0 bridgehead atoms. The monoisotopic (exact) mass is 493 g/mol. The second-order valence-electron chi connectivity index (χ2n) is 4.60. The molecule has 0 atom stereocenters. The molecule has 9 nitrogen and oxygen atoms in total. The van der Waals surface area contributed by atoms with Crippen LogP contribution >= 0.6 is 0 Å². The van der Waals surface area contributed by atoms with Gasteiger partial charge in [0.05, 0.1) is 84.7 Å². The SMILES string of the molecule is C.C.C.C.C.C.C.C.C.CO.OCCOCC(COCCO)(COCCO)COCCO.[HH].[HH]. The molecule has 0 rings (SSSR count). The fraction of sp³-hybridized carbons (Fsp3) is 1.00. The summed E-state index contributed by atoms with van der Waals surface area (Å²) in [7, 11) is 1.00. The van der Waals surface area contributed by atoms with Crippen LogP contribution in [0.5, 0.6) is 0 Å². The van der Waals surface area contributed by atoms with Crippen LogP contribution in [0.4, 0.5) is 0 Å². The first kappa shape index (κ1) is 69.7. The third kappa shape index (κ3) is 43.5. The van der Waals surface area contributed by atoms with Gasteiger partial charge in [0, 0.05) is 9.96 Å². The van der Waals surface area contributed by atoms with Gasteiger partial charge in [0.15, 0.2) is 0 Å². The summed E-state index contributed by atoms with van der Waals surface area (Å²) in [4.78, 5) is 0. The summed E-state index contributed by atoms with van der Waals surface area (Å²) < 4.78 is 21.5. The minimum absolute atomic E-state index is 0. The summed E-state index contributed by atoms with van der Waals surface area (Å²) in [5.74, 6) is 0. The van der Waals surface area contributed by atoms with E-state index in [1.165, 1.54) is 0 Å². The van der Waals surface area contributed by atoms with Crippen LogP contribution < -0.4 is 0 Å². The number of rotatable bonds is 16. The predicted molar refractivity (Wildman–Crippen MR) is 147 cm³/mol. The van der Waals surface area contributed by atoms with Crippen molar-refractivity contribution in [2.24, 2.45) is 5.41 Å². The second kappa shape index (κ2) is 57.5. The van der Waals surface area contributed by atoms with Crippen molar-refractivity contribution >= 4 is 0 Å². The Morgan fingerprint density at radius 2 is 0.594 bits per heavy atom. The highest BCUT2D eigenvalue weighted by atomic mass is 16.5. The lowest BCUT2D eigenvalue weighted by molar-refractivity contribution is -0.115. The van der Waals surface area contributed by atoms with E-state index in [1.54, 1.807) is 0 Å². The maximum atomic E-state index is 8.79. The maximum absolute atomic E-state index is 8.79. The standard InChI is InChI=1S/C13H28O8.CH4O.9CH4.2H2/c14-1-5-18-9-13(10-19-6-2-15,11-20-7-3-16)12-21-8-4-17;1-2;;;;;;;;;;;/h14-17H,1-12H2;2H,1H3;9*1H4;2*1H. The number of hydrogen-bond donors (Lipinski definition) is 5. The molecule has 0 saturated heterocycles. The van der Waals surface area contributed by atoms with E-state index < -0.39 is 5.41 Å². The van der Waals surface area contributed by atoms with Gasteiger partial charge in [-0.15, -0.1) is 0 Å². The minimum Gasteiger partial charge on any atom is -0.400 e. The molecule has 0 amide bonds. The molecule has 0 aromatic carbocycles. The van der Waals surface area contributed by atoms with Gasteiger partial charge in [-0.2, -0.15) is 0 Å². The Morgan fingerprint density at radius 3 is 0.719 bits per heavy atom. The molecule has 0 aromatic heterocycles. The highest BCUT2D eigenvalue weighted by molar-refractivity contribution is 4.79. The van der Waals surface area contributed by atoms with Gasteiger partial charge in [-0.1, -0.05) is 66.8 Å². The van der Waals surface area contributed by atoms with Gasteiger partial charge in [0.25, 0.3) is 0 Å². The molecule has 0 aliphatic rings. The normalized spacial score (nSPS) is 8.06. The third-order valence-corrected chi connectivity index (χ3v) is 2.58. The zero-order chi connectivity index (χ0) is 17.8. The van der Waals surface area contributed by atoms with E-state index in [0.717, 1.165) is 7.11 Å². The topological polar surface area (TPSA) is 138 Å². The molecular weight excluding hydrogens is 420 g/mol. The van der Waals surface area contributed by atoms with Crippen LogP contribution in [-0.4, -0.2) is 112 Å². The molecule has 0 saturated carbocycles. The van der Waals surface area contributed by atoms with Gasteiger partial charge in [0.1, 0.15) is 0 Å². The zero-order valence-electron chi connectivity index (χ0n) is 13.9. The summed E-state index contributed by atoms with van der Waals surface area (Å²) in [5.41, 5.74) is -0.630. The molecule has 0 aromatic rings. The fourth-order valence-electron chi connectivity index (χ4n) is 1.66. The van der Waals surface area contributed by atoms with E-state index in [1.807, 2.05) is 0 Å². The van der Waals surface area contributed by atoms with Crippen molar-refractivity contribution in [2.45, 2.75) is 66.8 Å². The van der Waals surface area contributed by atoms with E-state index in [2.05, 4.69) is 0 Å². The van der Waals surface area contributed by atoms with Crippen molar-refractivity contribution in [3.63, 3.8) is 0 Å². The highest BCUT2D eigenvalue weighted by Crippen LogP contribution is 2.20. The smallest absolute Gasteiger partial charge is 0.0698 e. The van der Waals surface area contributed by atoms with Crippen LogP contribution in [0.15, 0.2) is 0 Å². The van der Waals surface area contributed by atoms with E-state index in [0.29, 0.717) is 0 Å². The van der Waals surface area contributed by atoms with E-state index in [4.69, 9.17) is 44.5 Å². The van der Waals surface area contributed by atoms with Crippen LogP contribution in [0.2, 0.25) is 0 Å². The van der Waals surface area contributed by atoms with Gasteiger partial charge in [-0.3, -0.25) is 0 Å². The Bertz CT molecular complexity index is 187. The van der Waals surface area contributed by atoms with Crippen molar-refractivity contribution < 1.29 is 47.3 Å². The first-order valence-electron chi connectivity index (χ1n) is 7.44. The first-order valence-corrected chi connectivity index (χ1v) is 7.44. The van der Waals surface area contributed by atoms with E-state index in [-0.39, 0.29) is 149 Å². The largest absolute Gasteiger partial charge is 0.400 e. The van der Waals surface area contributed by atoms with Crippen LogP contribution in [0.3, 0.4) is 0 Å². The average Bonchev–Trinajstić information content (AvgIpc) is 2.57. The Kier molecular flexibility index (Phi) is 125. The number of aliphatic hydroxyl groups excluding tert-OH is 5. The lowest BCUT2D eigenvalue weighted by Crippen LogP contribution is -2.42. The molecule has 32 heavy (non-hydrogen) atoms. The van der Waals surface area contributed by atoms with Crippen LogP contribution in [0, 0.1) is 5.41 Å². The van der Waals surface area contributed by atoms with Crippen LogP contribution in [-0.2, 0) is 18.9 Å². The van der Waals surface area contributed by atoms with Crippen molar-refractivity contribution in [1.82, 2.24) is 0 Å². The maximum Gasteiger partial charge on any atom is 0.0698 e. The first-order chi connectivity index (χ1) is 11.2. The minimum atomic E-state index is -0.630. The summed E-state index contributed by atoms with van der Waals surface area (Å²) in [6.45, 7) is 1.28. The van der Waals surface area contributed by atoms with Crippen LogP contribution in [0.1, 0.15) is 69.7 Å². The Morgan fingerprint density at radius 1 is 0.438 bits per heavy atom. The van der Waals surface area contributed by atoms with Crippen LogP contribution in [0.25, 0.3) is 0 Å². The molecule has 0 spiro atoms. The van der Waals surface area contributed by atoms with Gasteiger partial charge >= 0.3 is 0 Å². The van der Waals surface area contributed by atoms with E-state index >= 15 is 0 Å². The van der Waals surface area contributed by atoms with E-state index in [9.17, 15) is 0 Å². The molecule has 218 valence electrons. The molecule has 0 fully saturated rings. The Balaban J connectivity index is -0.0000000300. The lowest BCUT2D eigenvalue weighted by atomic mass is 9.92. The molecule has 0 radical (unpaired) electrons. The summed E-state index contributed by atoms with van der Waals surface area (Å²) in [5, 5.41) is 42.2. The molecule has 0 aliphatic heterocycles. The second-order valence-corrected chi connectivity index (χ2v) is 4.60. The average molecular weight is 493 g/mol. The predicted octanol–water partition coefficient (Wildman–Crippen LogP) is 3.83. The summed E-state index contributed by atoms with van der Waals surface area (Å²) in [6.07, 6.45) is 0. The molecular formula is C23H72O9. The lowest BCUT2D eigenvalue weighted by Gasteiger charge is -2.32. The van der Waals surface area contributed by atoms with Gasteiger partial charge in [-0.05, 0) is 0 Å². The Labute approximate surface area is 206 Å². The summed E-state index contributed by atoms with van der Waals surface area (Å²) >= 11 is 0. The van der Waals surface area contributed by atoms with Crippen molar-refractivity contribution in [3.05, 3.63) is 0 Å². The van der Waals surface area contributed by atoms with Crippen molar-refractivity contribution in [3.8, 4) is 0 Å². The third-order valence-electron chi connectivity index (χ3n) is 2.58. The molecule has 5 N–H and O–H groups in total. The fourth-order valence-corrected chi connectivity index (χ4v) is 1.66. The van der Waals surface area contributed by atoms with Gasteiger partial charge in [0.2, 0.25) is 0 Å². The van der Waals surface area contributed by atoms with Crippen molar-refractivity contribution in [1.29, 1.82) is 0 Å². The Hall–Kier alpha value is -0.360. The molecule has 9 heteroatoms. The molecule has 0 aliphatic carbocycles. The highest BCUT2D eigenvalue weighted by Gasteiger charge is 2.32. The number of ether oxygens (including phenoxy) is 4. The molecule has 0 unspecified atom stereocenters. The quantitative estimate of drug-likeness (QED) is 0.203. The number of hydrogen-bond acceptors (Lipinski definition) is 9. The summed E-state index contributed by atoms with van der Waals surface area (Å²) in [6, 6.07) is 0. The van der Waals surface area contributed by atoms with Gasteiger partial charge < -0.3 is 44.5 Å². The van der Waals surface area contributed by atoms with Crippen molar-refractivity contribution in [2.75, 3.05) is 86.4 Å².